The predicted octanol–water partition coefficient (Wildman–Crippen LogP) is 3.47. The molecule has 5 nitrogen and oxygen atoms in total. The number of fused-ring (bicyclic) bond motifs is 1. The number of nitrogens with one attached hydrogen (secondary N) is 2. The molecule has 0 aliphatic carbocycles. The number of carboxylic acids is 1. The molecule has 23 heavy (non-hydrogen) atoms. The van der Waals surface area contributed by atoms with E-state index in [2.05, 4.69) is 10.3 Å². The smallest absolute Gasteiger partial charge is 0.352 e. The van der Waals surface area contributed by atoms with Crippen molar-refractivity contribution in [2.75, 3.05) is 0 Å². The van der Waals surface area contributed by atoms with Crippen molar-refractivity contribution in [1.29, 1.82) is 0 Å². The summed E-state index contributed by atoms with van der Waals surface area (Å²) in [4.78, 5) is 27.2. The Morgan fingerprint density at radius 3 is 2.74 bits per heavy atom. The Bertz CT molecular complexity index is 894. The second-order valence-corrected chi connectivity index (χ2v) is 6.40. The van der Waals surface area contributed by atoms with E-state index in [1.807, 2.05) is 31.4 Å². The van der Waals surface area contributed by atoms with Gasteiger partial charge in [0.2, 0.25) is 0 Å². The highest BCUT2D eigenvalue weighted by Crippen LogP contribution is 2.27. The fourth-order valence-corrected chi connectivity index (χ4v) is 3.46. The topological polar surface area (TPSA) is 82.2 Å². The molecule has 0 fully saturated rings. The Kier molecular flexibility index (Phi) is 3.92. The molecule has 118 valence electrons. The SMILES string of the molecule is Cc1cc(C)c2c(CNC(=O)c3cccs3)c(C(=O)O)[nH]c2c1. The van der Waals surface area contributed by atoms with Gasteiger partial charge in [-0.05, 0) is 42.5 Å². The first kappa shape index (κ1) is 15.3. The standard InChI is InChI=1S/C17H16N2O3S/c1-9-6-10(2)14-11(15(17(21)22)19-12(14)7-9)8-18-16(20)13-4-3-5-23-13/h3-7,19H,8H2,1-2H3,(H,18,20)(H,21,22). The number of thiophene rings is 1. The van der Waals surface area contributed by atoms with E-state index in [1.54, 1.807) is 12.1 Å². The van der Waals surface area contributed by atoms with E-state index in [0.29, 0.717) is 10.4 Å². The van der Waals surface area contributed by atoms with Gasteiger partial charge in [0.15, 0.2) is 0 Å². The molecule has 0 saturated heterocycles. The molecule has 6 heteroatoms. The van der Waals surface area contributed by atoms with Crippen LogP contribution in [0.3, 0.4) is 0 Å². The zero-order valence-electron chi connectivity index (χ0n) is 12.8. The molecule has 3 aromatic rings. The van der Waals surface area contributed by atoms with E-state index in [4.69, 9.17) is 0 Å². The van der Waals surface area contributed by atoms with Crippen molar-refractivity contribution < 1.29 is 14.7 Å². The highest BCUT2D eigenvalue weighted by molar-refractivity contribution is 7.12. The number of aryl methyl sites for hydroxylation is 2. The minimum absolute atomic E-state index is 0.125. The van der Waals surface area contributed by atoms with Crippen LogP contribution in [0.1, 0.15) is 36.9 Å². The fraction of sp³-hybridized carbons (Fsp3) is 0.176. The summed E-state index contributed by atoms with van der Waals surface area (Å²) in [7, 11) is 0. The van der Waals surface area contributed by atoms with Crippen molar-refractivity contribution in [2.24, 2.45) is 0 Å². The molecular formula is C17H16N2O3S. The molecule has 2 heterocycles. The van der Waals surface area contributed by atoms with Gasteiger partial charge in [-0.1, -0.05) is 12.1 Å². The van der Waals surface area contributed by atoms with Gasteiger partial charge in [-0.15, -0.1) is 11.3 Å². The lowest BCUT2D eigenvalue weighted by Gasteiger charge is -2.06. The molecule has 0 atom stereocenters. The number of carboxylic acid groups (broad SMARTS) is 1. The normalized spacial score (nSPS) is 10.9. The molecule has 0 bridgehead atoms. The quantitative estimate of drug-likeness (QED) is 0.686. The summed E-state index contributed by atoms with van der Waals surface area (Å²) in [5, 5.41) is 14.9. The van der Waals surface area contributed by atoms with Crippen LogP contribution in [0.15, 0.2) is 29.6 Å². The average molecular weight is 328 g/mol. The zero-order chi connectivity index (χ0) is 16.6. The highest BCUT2D eigenvalue weighted by Gasteiger charge is 2.19. The molecular weight excluding hydrogens is 312 g/mol. The van der Waals surface area contributed by atoms with E-state index >= 15 is 0 Å². The number of hydrogen-bond donors (Lipinski definition) is 3. The van der Waals surface area contributed by atoms with Gasteiger partial charge in [-0.25, -0.2) is 4.79 Å². The number of aromatic nitrogens is 1. The van der Waals surface area contributed by atoms with Crippen LogP contribution in [0.25, 0.3) is 10.9 Å². The van der Waals surface area contributed by atoms with Crippen LogP contribution < -0.4 is 5.32 Å². The summed E-state index contributed by atoms with van der Waals surface area (Å²) in [6.45, 7) is 4.08. The number of H-pyrrole nitrogens is 1. The molecule has 0 radical (unpaired) electrons. The maximum absolute atomic E-state index is 12.1. The van der Waals surface area contributed by atoms with Crippen LogP contribution >= 0.6 is 11.3 Å². The van der Waals surface area contributed by atoms with Gasteiger partial charge in [0, 0.05) is 23.0 Å². The van der Waals surface area contributed by atoms with Gasteiger partial charge >= 0.3 is 5.97 Å². The highest BCUT2D eigenvalue weighted by atomic mass is 32.1. The molecule has 1 amide bonds. The lowest BCUT2D eigenvalue weighted by molar-refractivity contribution is 0.0689. The van der Waals surface area contributed by atoms with Gasteiger partial charge < -0.3 is 15.4 Å². The van der Waals surface area contributed by atoms with Crippen molar-refractivity contribution in [1.82, 2.24) is 10.3 Å². The van der Waals surface area contributed by atoms with E-state index < -0.39 is 5.97 Å². The van der Waals surface area contributed by atoms with Crippen LogP contribution in [0, 0.1) is 13.8 Å². The number of carbonyl (C=O) groups is 2. The number of carbonyl (C=O) groups excluding carboxylic acids is 1. The Labute approximate surface area is 137 Å². The summed E-state index contributed by atoms with van der Waals surface area (Å²) in [5.74, 6) is -1.23. The third-order valence-corrected chi connectivity index (χ3v) is 4.60. The van der Waals surface area contributed by atoms with E-state index in [9.17, 15) is 14.7 Å². The van der Waals surface area contributed by atoms with Crippen LogP contribution in [0.4, 0.5) is 0 Å². The van der Waals surface area contributed by atoms with Crippen LogP contribution in [0.2, 0.25) is 0 Å². The van der Waals surface area contributed by atoms with E-state index in [1.165, 1.54) is 11.3 Å². The molecule has 0 saturated carbocycles. The molecule has 2 aromatic heterocycles. The Hall–Kier alpha value is -2.60. The lowest BCUT2D eigenvalue weighted by atomic mass is 10.0. The second-order valence-electron chi connectivity index (χ2n) is 5.45. The molecule has 0 aliphatic heterocycles. The number of aromatic carboxylic acids is 1. The van der Waals surface area contributed by atoms with Crippen molar-refractivity contribution in [3.8, 4) is 0 Å². The van der Waals surface area contributed by atoms with Crippen LogP contribution in [-0.4, -0.2) is 22.0 Å². The Morgan fingerprint density at radius 2 is 2.09 bits per heavy atom. The van der Waals surface area contributed by atoms with Gasteiger partial charge in [0.25, 0.3) is 5.91 Å². The summed E-state index contributed by atoms with van der Waals surface area (Å²) in [6, 6.07) is 7.47. The van der Waals surface area contributed by atoms with Gasteiger partial charge in [0.05, 0.1) is 4.88 Å². The molecule has 0 aliphatic rings. The van der Waals surface area contributed by atoms with Crippen LogP contribution in [0.5, 0.6) is 0 Å². The van der Waals surface area contributed by atoms with Gasteiger partial charge in [-0.3, -0.25) is 4.79 Å². The molecule has 0 unspecified atom stereocenters. The zero-order valence-corrected chi connectivity index (χ0v) is 13.6. The second kappa shape index (κ2) is 5.89. The Morgan fingerprint density at radius 1 is 1.30 bits per heavy atom. The maximum Gasteiger partial charge on any atom is 0.352 e. The molecule has 3 N–H and O–H groups in total. The number of hydrogen-bond acceptors (Lipinski definition) is 3. The number of benzene rings is 1. The summed E-state index contributed by atoms with van der Waals surface area (Å²) in [6.07, 6.45) is 0. The number of rotatable bonds is 4. The number of aromatic amines is 1. The first-order chi connectivity index (χ1) is 11.0. The molecule has 3 rings (SSSR count). The monoisotopic (exact) mass is 328 g/mol. The summed E-state index contributed by atoms with van der Waals surface area (Å²) < 4.78 is 0. The number of amides is 1. The first-order valence-electron chi connectivity index (χ1n) is 7.14. The fourth-order valence-electron chi connectivity index (χ4n) is 2.82. The lowest BCUT2D eigenvalue weighted by Crippen LogP contribution is -2.22. The van der Waals surface area contributed by atoms with Crippen molar-refractivity contribution in [2.45, 2.75) is 20.4 Å². The third-order valence-electron chi connectivity index (χ3n) is 3.73. The van der Waals surface area contributed by atoms with Crippen molar-refractivity contribution in [3.05, 3.63) is 56.9 Å². The summed E-state index contributed by atoms with van der Waals surface area (Å²) in [5.41, 5.74) is 3.56. The largest absolute Gasteiger partial charge is 0.477 e. The maximum atomic E-state index is 12.1. The average Bonchev–Trinajstić information content (AvgIpc) is 3.11. The van der Waals surface area contributed by atoms with Crippen molar-refractivity contribution in [3.63, 3.8) is 0 Å². The predicted molar refractivity (Wildman–Crippen MR) is 90.2 cm³/mol. The van der Waals surface area contributed by atoms with Crippen LogP contribution in [-0.2, 0) is 6.54 Å². The van der Waals surface area contributed by atoms with Gasteiger partial charge in [0.1, 0.15) is 5.69 Å². The van der Waals surface area contributed by atoms with E-state index in [0.717, 1.165) is 22.0 Å². The first-order valence-corrected chi connectivity index (χ1v) is 8.02. The summed E-state index contributed by atoms with van der Waals surface area (Å²) >= 11 is 1.35. The Balaban J connectivity index is 2.00. The minimum atomic E-state index is -1.03. The van der Waals surface area contributed by atoms with E-state index in [-0.39, 0.29) is 18.1 Å². The van der Waals surface area contributed by atoms with Gasteiger partial charge in [-0.2, -0.15) is 0 Å². The third kappa shape index (κ3) is 2.85. The van der Waals surface area contributed by atoms with Crippen molar-refractivity contribution >= 4 is 34.1 Å². The molecule has 0 spiro atoms. The minimum Gasteiger partial charge on any atom is -0.477 e. The molecule has 1 aromatic carbocycles.